The minimum atomic E-state index is -4.17. The molecule has 0 aliphatic heterocycles. The first-order chi connectivity index (χ1) is 11.1. The van der Waals surface area contributed by atoms with Gasteiger partial charge in [-0.1, -0.05) is 38.1 Å². The van der Waals surface area contributed by atoms with Gasteiger partial charge in [-0.3, -0.25) is 4.52 Å². The van der Waals surface area contributed by atoms with Crippen LogP contribution in [0.4, 0.5) is 0 Å². The summed E-state index contributed by atoms with van der Waals surface area (Å²) in [4.78, 5) is 15.8. The summed E-state index contributed by atoms with van der Waals surface area (Å²) in [5.41, 5.74) is 2.10. The molecule has 0 unspecified atom stereocenters. The van der Waals surface area contributed by atoms with Gasteiger partial charge in [0, 0.05) is 5.41 Å². The lowest BCUT2D eigenvalue weighted by Crippen LogP contribution is -2.18. The number of phenols is 2. The third kappa shape index (κ3) is 6.34. The number of hydrogen-bond donors (Lipinski definition) is 4. The maximum absolute atomic E-state index is 9.70. The van der Waals surface area contributed by atoms with E-state index in [9.17, 15) is 14.8 Å². The van der Waals surface area contributed by atoms with E-state index in [1.165, 1.54) is 6.92 Å². The van der Waals surface area contributed by atoms with E-state index in [-0.39, 0.29) is 23.5 Å². The highest BCUT2D eigenvalue weighted by molar-refractivity contribution is 7.46. The van der Waals surface area contributed by atoms with Crippen molar-refractivity contribution in [3.8, 4) is 11.5 Å². The molecule has 0 atom stereocenters. The zero-order valence-electron chi connectivity index (χ0n) is 13.9. The largest absolute Gasteiger partial charge is 0.508 e. The van der Waals surface area contributed by atoms with E-state index in [4.69, 9.17) is 9.79 Å². The van der Waals surface area contributed by atoms with Gasteiger partial charge in [0.15, 0.2) is 0 Å². The Morgan fingerprint density at radius 2 is 1.21 bits per heavy atom. The summed E-state index contributed by atoms with van der Waals surface area (Å²) in [6.45, 7) is 5.79. The van der Waals surface area contributed by atoms with Gasteiger partial charge >= 0.3 is 7.82 Å². The second-order valence-corrected chi connectivity index (χ2v) is 6.87. The Balaban J connectivity index is 0.000000351. The first-order valence-corrected chi connectivity index (χ1v) is 8.88. The maximum atomic E-state index is 9.70. The number of benzene rings is 2. The first kappa shape index (κ1) is 20.2. The van der Waals surface area contributed by atoms with Crippen molar-refractivity contribution < 1.29 is 29.1 Å². The molecule has 0 bridgehead atoms. The van der Waals surface area contributed by atoms with E-state index in [0.717, 1.165) is 11.1 Å². The molecule has 0 fully saturated rings. The normalized spacial score (nSPS) is 11.5. The number of phenolic OH excluding ortho intramolecular Hbond substituents is 2. The highest BCUT2D eigenvalue weighted by Crippen LogP contribution is 2.35. The lowest BCUT2D eigenvalue weighted by Gasteiger charge is -2.26. The van der Waals surface area contributed by atoms with Crippen LogP contribution >= 0.6 is 7.82 Å². The molecule has 6 nitrogen and oxygen atoms in total. The van der Waals surface area contributed by atoms with Crippen LogP contribution in [-0.4, -0.2) is 26.6 Å². The van der Waals surface area contributed by atoms with Crippen LogP contribution in [0.2, 0.25) is 0 Å². The summed E-state index contributed by atoms with van der Waals surface area (Å²) in [5.74, 6) is 0.547. The quantitative estimate of drug-likeness (QED) is 0.626. The molecule has 0 amide bonds. The monoisotopic (exact) mass is 354 g/mol. The lowest BCUT2D eigenvalue weighted by molar-refractivity contribution is 0.206. The molecular formula is C17H23O6P. The fourth-order valence-electron chi connectivity index (χ4n) is 2.09. The van der Waals surface area contributed by atoms with Crippen molar-refractivity contribution in [2.75, 3.05) is 6.61 Å². The van der Waals surface area contributed by atoms with Crippen molar-refractivity contribution in [2.45, 2.75) is 26.2 Å². The maximum Gasteiger partial charge on any atom is 0.469 e. The number of hydrogen-bond acceptors (Lipinski definition) is 4. The SMILES string of the molecule is CC(C)(c1ccc(O)cc1)c1ccc(O)cc1.CCOP(=O)(O)O. The van der Waals surface area contributed by atoms with Gasteiger partial charge in [-0.25, -0.2) is 4.57 Å². The Bertz CT molecular complexity index is 626. The number of rotatable bonds is 4. The molecule has 0 aliphatic carbocycles. The molecule has 0 spiro atoms. The van der Waals surface area contributed by atoms with Crippen molar-refractivity contribution in [3.63, 3.8) is 0 Å². The van der Waals surface area contributed by atoms with Gasteiger partial charge in [0.05, 0.1) is 6.61 Å². The predicted molar refractivity (Wildman–Crippen MR) is 92.0 cm³/mol. The molecule has 4 N–H and O–H groups in total. The zero-order valence-corrected chi connectivity index (χ0v) is 14.8. The van der Waals surface area contributed by atoms with E-state index in [0.29, 0.717) is 0 Å². The molecule has 0 heterocycles. The molecule has 0 aromatic heterocycles. The molecule has 0 radical (unpaired) electrons. The third-order valence-corrected chi connectivity index (χ3v) is 4.07. The van der Waals surface area contributed by atoms with E-state index < -0.39 is 7.82 Å². The highest BCUT2D eigenvalue weighted by atomic mass is 31.2. The molecule has 0 saturated carbocycles. The van der Waals surface area contributed by atoms with Crippen molar-refractivity contribution in [1.82, 2.24) is 0 Å². The van der Waals surface area contributed by atoms with E-state index in [1.54, 1.807) is 24.3 Å². The van der Waals surface area contributed by atoms with Gasteiger partial charge in [-0.2, -0.15) is 0 Å². The lowest BCUT2D eigenvalue weighted by atomic mass is 9.78. The van der Waals surface area contributed by atoms with Crippen molar-refractivity contribution in [1.29, 1.82) is 0 Å². The summed E-state index contributed by atoms with van der Waals surface area (Å²) in [6.07, 6.45) is 0. The fourth-order valence-corrected chi connectivity index (χ4v) is 2.43. The molecule has 0 aliphatic rings. The molecular weight excluding hydrogens is 331 g/mol. The number of phosphoric acid groups is 1. The molecule has 2 rings (SSSR count). The van der Waals surface area contributed by atoms with E-state index >= 15 is 0 Å². The Kier molecular flexibility index (Phi) is 6.99. The smallest absolute Gasteiger partial charge is 0.469 e. The minimum absolute atomic E-state index is 0.0459. The zero-order chi connectivity index (χ0) is 18.4. The average molecular weight is 354 g/mol. The minimum Gasteiger partial charge on any atom is -0.508 e. The Hall–Kier alpha value is -1.85. The van der Waals surface area contributed by atoms with Gasteiger partial charge in [0.1, 0.15) is 11.5 Å². The highest BCUT2D eigenvalue weighted by Gasteiger charge is 2.22. The third-order valence-electron chi connectivity index (χ3n) is 3.48. The fraction of sp³-hybridized carbons (Fsp3) is 0.294. The topological polar surface area (TPSA) is 107 Å². The van der Waals surface area contributed by atoms with Crippen LogP contribution in [0.1, 0.15) is 31.9 Å². The molecule has 132 valence electrons. The second-order valence-electron chi connectivity index (χ2n) is 5.63. The average Bonchev–Trinajstić information content (AvgIpc) is 2.47. The summed E-state index contributed by atoms with van der Waals surface area (Å²) < 4.78 is 13.6. The van der Waals surface area contributed by atoms with Crippen LogP contribution in [-0.2, 0) is 14.5 Å². The van der Waals surface area contributed by atoms with Gasteiger partial charge in [-0.15, -0.1) is 0 Å². The number of phosphoric ester groups is 1. The molecule has 7 heteroatoms. The van der Waals surface area contributed by atoms with Gasteiger partial charge < -0.3 is 20.0 Å². The van der Waals surface area contributed by atoms with Crippen molar-refractivity contribution in [3.05, 3.63) is 59.7 Å². The van der Waals surface area contributed by atoms with Crippen LogP contribution in [0.25, 0.3) is 0 Å². The molecule has 24 heavy (non-hydrogen) atoms. The van der Waals surface area contributed by atoms with Crippen molar-refractivity contribution in [2.24, 2.45) is 0 Å². The number of aromatic hydroxyl groups is 2. The second kappa shape index (κ2) is 8.31. The van der Waals surface area contributed by atoms with Gasteiger partial charge in [0.25, 0.3) is 0 Å². The van der Waals surface area contributed by atoms with Crippen LogP contribution in [0.3, 0.4) is 0 Å². The summed E-state index contributed by atoms with van der Waals surface area (Å²) in [7, 11) is -4.17. The Morgan fingerprint density at radius 3 is 1.42 bits per heavy atom. The summed E-state index contributed by atoms with van der Waals surface area (Å²) in [5, 5.41) is 18.6. The van der Waals surface area contributed by atoms with Crippen LogP contribution in [0.5, 0.6) is 11.5 Å². The molecule has 2 aromatic carbocycles. The van der Waals surface area contributed by atoms with Gasteiger partial charge in [0.2, 0.25) is 0 Å². The standard InChI is InChI=1S/C15H16O2.C2H7O4P/c1-15(2,11-3-7-13(16)8-4-11)12-5-9-14(17)10-6-12;1-2-6-7(3,4)5/h3-10,16-17H,1-2H3;2H2,1H3,(H2,3,4,5). The summed E-state index contributed by atoms with van der Waals surface area (Å²) in [6, 6.07) is 14.4. The summed E-state index contributed by atoms with van der Waals surface area (Å²) >= 11 is 0. The predicted octanol–water partition coefficient (Wildman–Crippen LogP) is 3.54. The Labute approximate surface area is 141 Å². The van der Waals surface area contributed by atoms with Gasteiger partial charge in [-0.05, 0) is 42.3 Å². The van der Waals surface area contributed by atoms with Crippen LogP contribution < -0.4 is 0 Å². The van der Waals surface area contributed by atoms with Crippen molar-refractivity contribution >= 4 is 7.82 Å². The first-order valence-electron chi connectivity index (χ1n) is 7.35. The molecule has 0 saturated heterocycles. The van der Waals surface area contributed by atoms with Crippen LogP contribution in [0, 0.1) is 0 Å². The molecule has 2 aromatic rings. The van der Waals surface area contributed by atoms with E-state index in [1.807, 2.05) is 24.3 Å². The van der Waals surface area contributed by atoms with E-state index in [2.05, 4.69) is 18.4 Å². The van der Waals surface area contributed by atoms with Crippen LogP contribution in [0.15, 0.2) is 48.5 Å². The Morgan fingerprint density at radius 1 is 0.875 bits per heavy atom.